The highest BCUT2D eigenvalue weighted by Gasteiger charge is 2.35. The summed E-state index contributed by atoms with van der Waals surface area (Å²) >= 11 is 0. The lowest BCUT2D eigenvalue weighted by Gasteiger charge is -2.20. The Balaban J connectivity index is 1.07. The highest BCUT2D eigenvalue weighted by molar-refractivity contribution is 5.89. The summed E-state index contributed by atoms with van der Waals surface area (Å²) in [6, 6.07) is 11.2. The largest absolute Gasteiger partial charge is 0.480 e. The van der Waals surface area contributed by atoms with E-state index in [-0.39, 0.29) is 18.0 Å². The lowest BCUT2D eigenvalue weighted by Crippen LogP contribution is -2.40. The van der Waals surface area contributed by atoms with Gasteiger partial charge in [-0.3, -0.25) is 9.78 Å². The van der Waals surface area contributed by atoms with Crippen molar-refractivity contribution in [3.8, 4) is 5.75 Å². The maximum atomic E-state index is 12.8. The van der Waals surface area contributed by atoms with Crippen molar-refractivity contribution in [3.63, 3.8) is 0 Å². The van der Waals surface area contributed by atoms with E-state index in [1.807, 2.05) is 29.2 Å². The Morgan fingerprint density at radius 3 is 2.77 bits per heavy atom. The van der Waals surface area contributed by atoms with Crippen molar-refractivity contribution >= 4 is 17.6 Å². The topological polar surface area (TPSA) is 83.6 Å². The number of urea groups is 1. The summed E-state index contributed by atoms with van der Waals surface area (Å²) in [5.41, 5.74) is 1.86. The molecule has 0 radical (unpaired) electrons. The molecule has 164 valence electrons. The number of aromatic nitrogens is 1. The molecule has 2 N–H and O–H groups in total. The van der Waals surface area contributed by atoms with Crippen LogP contribution in [0.1, 0.15) is 37.7 Å². The van der Waals surface area contributed by atoms with E-state index in [0.717, 1.165) is 62.2 Å². The summed E-state index contributed by atoms with van der Waals surface area (Å²) in [4.78, 5) is 30.6. The molecule has 4 rings (SSSR count). The summed E-state index contributed by atoms with van der Waals surface area (Å²) in [6.07, 6.45) is 8.94. The fourth-order valence-electron chi connectivity index (χ4n) is 4.34. The molecule has 2 atom stereocenters. The standard InChI is InChI=1S/C24H30N4O3/c29-23(22-16-19-7-3-4-8-21(19)31-22)28-15-11-18(17-28)6-2-1-5-12-26-24(30)27-20-9-13-25-14-10-20/h3-4,7-10,13-14,18,22H,1-2,5-6,11-12,15-17H2,(H2,25,26,27,30). The van der Waals surface area contributed by atoms with Gasteiger partial charge < -0.3 is 20.3 Å². The SMILES string of the molecule is O=C(NCCCCCC1CCN(C(=O)C2Cc3ccccc3O2)C1)Nc1ccncc1. The van der Waals surface area contributed by atoms with Crippen molar-refractivity contribution in [2.24, 2.45) is 5.92 Å². The molecular weight excluding hydrogens is 392 g/mol. The molecule has 7 heteroatoms. The second-order valence-corrected chi connectivity index (χ2v) is 8.32. The number of carbonyl (C=O) groups is 2. The number of benzene rings is 1. The average molecular weight is 423 g/mol. The number of carbonyl (C=O) groups excluding carboxylic acids is 2. The van der Waals surface area contributed by atoms with Crippen molar-refractivity contribution < 1.29 is 14.3 Å². The van der Waals surface area contributed by atoms with Crippen molar-refractivity contribution in [1.29, 1.82) is 0 Å². The van der Waals surface area contributed by atoms with Gasteiger partial charge in [0.15, 0.2) is 6.10 Å². The Hall–Kier alpha value is -3.09. The Morgan fingerprint density at radius 2 is 1.94 bits per heavy atom. The minimum atomic E-state index is -0.361. The van der Waals surface area contributed by atoms with Gasteiger partial charge in [0.25, 0.3) is 5.91 Å². The van der Waals surface area contributed by atoms with E-state index in [1.54, 1.807) is 24.5 Å². The van der Waals surface area contributed by atoms with Gasteiger partial charge in [-0.2, -0.15) is 0 Å². The molecule has 31 heavy (non-hydrogen) atoms. The molecule has 7 nitrogen and oxygen atoms in total. The second-order valence-electron chi connectivity index (χ2n) is 8.32. The van der Waals surface area contributed by atoms with E-state index in [0.29, 0.717) is 18.9 Å². The monoisotopic (exact) mass is 422 g/mol. The molecule has 0 aliphatic carbocycles. The molecular formula is C24H30N4O3. The van der Waals surface area contributed by atoms with Crippen LogP contribution in [-0.4, -0.2) is 47.6 Å². The van der Waals surface area contributed by atoms with Gasteiger partial charge >= 0.3 is 6.03 Å². The van der Waals surface area contributed by atoms with E-state index >= 15 is 0 Å². The van der Waals surface area contributed by atoms with Gasteiger partial charge in [-0.05, 0) is 48.9 Å². The van der Waals surface area contributed by atoms with Crippen molar-refractivity contribution in [2.75, 3.05) is 25.0 Å². The van der Waals surface area contributed by atoms with Crippen LogP contribution in [0, 0.1) is 5.92 Å². The molecule has 2 aliphatic rings. The van der Waals surface area contributed by atoms with Gasteiger partial charge in [-0.15, -0.1) is 0 Å². The van der Waals surface area contributed by atoms with Crippen LogP contribution in [0.25, 0.3) is 0 Å². The first-order chi connectivity index (χ1) is 15.2. The lowest BCUT2D eigenvalue weighted by atomic mass is 10.0. The van der Waals surface area contributed by atoms with Crippen LogP contribution in [0.5, 0.6) is 5.75 Å². The minimum absolute atomic E-state index is 0.128. The average Bonchev–Trinajstić information content (AvgIpc) is 3.43. The molecule has 2 aliphatic heterocycles. The normalized spacial score (nSPS) is 19.5. The Bertz CT molecular complexity index is 864. The smallest absolute Gasteiger partial charge is 0.319 e. The highest BCUT2D eigenvalue weighted by atomic mass is 16.5. The van der Waals surface area contributed by atoms with Gasteiger partial charge in [0.1, 0.15) is 5.75 Å². The third-order valence-corrected chi connectivity index (χ3v) is 6.03. The first-order valence-electron chi connectivity index (χ1n) is 11.2. The number of fused-ring (bicyclic) bond motifs is 1. The van der Waals surface area contributed by atoms with E-state index < -0.39 is 0 Å². The van der Waals surface area contributed by atoms with E-state index in [1.165, 1.54) is 0 Å². The predicted octanol–water partition coefficient (Wildman–Crippen LogP) is 3.62. The van der Waals surface area contributed by atoms with Crippen LogP contribution < -0.4 is 15.4 Å². The molecule has 1 saturated heterocycles. The first kappa shape index (κ1) is 21.2. The zero-order valence-electron chi connectivity index (χ0n) is 17.8. The van der Waals surface area contributed by atoms with Crippen LogP contribution in [0.15, 0.2) is 48.8 Å². The second kappa shape index (κ2) is 10.3. The quantitative estimate of drug-likeness (QED) is 0.637. The highest BCUT2D eigenvalue weighted by Crippen LogP contribution is 2.30. The fraction of sp³-hybridized carbons (Fsp3) is 0.458. The molecule has 2 unspecified atom stereocenters. The van der Waals surface area contributed by atoms with E-state index in [4.69, 9.17) is 4.74 Å². The molecule has 1 aromatic carbocycles. The zero-order valence-corrected chi connectivity index (χ0v) is 17.8. The fourth-order valence-corrected chi connectivity index (χ4v) is 4.34. The molecule has 1 fully saturated rings. The number of hydrogen-bond acceptors (Lipinski definition) is 4. The molecule has 1 aromatic heterocycles. The third kappa shape index (κ3) is 5.75. The molecule has 2 aromatic rings. The summed E-state index contributed by atoms with van der Waals surface area (Å²) in [5.74, 6) is 1.54. The number of unbranched alkanes of at least 4 members (excludes halogenated alkanes) is 2. The lowest BCUT2D eigenvalue weighted by molar-refractivity contribution is -0.136. The molecule has 0 saturated carbocycles. The maximum absolute atomic E-state index is 12.8. The number of para-hydroxylation sites is 1. The number of ether oxygens (including phenoxy) is 1. The number of rotatable bonds is 8. The van der Waals surface area contributed by atoms with Crippen LogP contribution >= 0.6 is 0 Å². The summed E-state index contributed by atoms with van der Waals surface area (Å²) in [5, 5.41) is 5.67. The van der Waals surface area contributed by atoms with Crippen LogP contribution in [0.2, 0.25) is 0 Å². The zero-order chi connectivity index (χ0) is 21.5. The molecule has 0 spiro atoms. The predicted molar refractivity (Wildman–Crippen MR) is 119 cm³/mol. The Kier molecular flexibility index (Phi) is 7.02. The van der Waals surface area contributed by atoms with Crippen LogP contribution in [-0.2, 0) is 11.2 Å². The van der Waals surface area contributed by atoms with Crippen molar-refractivity contribution in [1.82, 2.24) is 15.2 Å². The number of amides is 3. The van der Waals surface area contributed by atoms with E-state index in [2.05, 4.69) is 15.6 Å². The molecule has 3 amide bonds. The maximum Gasteiger partial charge on any atom is 0.319 e. The van der Waals surface area contributed by atoms with Gasteiger partial charge in [0, 0.05) is 44.1 Å². The van der Waals surface area contributed by atoms with Crippen LogP contribution in [0.3, 0.4) is 0 Å². The van der Waals surface area contributed by atoms with Gasteiger partial charge in [-0.1, -0.05) is 31.0 Å². The van der Waals surface area contributed by atoms with Gasteiger partial charge in [-0.25, -0.2) is 4.79 Å². The molecule has 0 bridgehead atoms. The summed E-state index contributed by atoms with van der Waals surface area (Å²) in [7, 11) is 0. The number of hydrogen-bond donors (Lipinski definition) is 2. The Morgan fingerprint density at radius 1 is 1.10 bits per heavy atom. The number of nitrogens with one attached hydrogen (secondary N) is 2. The number of nitrogens with zero attached hydrogens (tertiary/aromatic N) is 2. The summed E-state index contributed by atoms with van der Waals surface area (Å²) in [6.45, 7) is 2.32. The number of pyridine rings is 1. The molecule has 3 heterocycles. The van der Waals surface area contributed by atoms with Gasteiger partial charge in [0.05, 0.1) is 0 Å². The summed E-state index contributed by atoms with van der Waals surface area (Å²) < 4.78 is 5.86. The van der Waals surface area contributed by atoms with Crippen molar-refractivity contribution in [2.45, 2.75) is 44.6 Å². The van der Waals surface area contributed by atoms with E-state index in [9.17, 15) is 9.59 Å². The van der Waals surface area contributed by atoms with Crippen LogP contribution in [0.4, 0.5) is 10.5 Å². The minimum Gasteiger partial charge on any atom is -0.480 e. The third-order valence-electron chi connectivity index (χ3n) is 6.03. The first-order valence-corrected chi connectivity index (χ1v) is 11.2. The van der Waals surface area contributed by atoms with Gasteiger partial charge in [0.2, 0.25) is 0 Å². The number of anilines is 1. The Labute approximate surface area is 183 Å². The number of likely N-dealkylation sites (tertiary alicyclic amines) is 1. The van der Waals surface area contributed by atoms with Crippen molar-refractivity contribution in [3.05, 3.63) is 54.4 Å².